The molecule has 3 aromatic rings. The third kappa shape index (κ3) is 3.85. The van der Waals surface area contributed by atoms with Gasteiger partial charge in [0.25, 0.3) is 5.89 Å². The summed E-state index contributed by atoms with van der Waals surface area (Å²) in [5, 5.41) is 4.19. The third-order valence-electron chi connectivity index (χ3n) is 5.81. The van der Waals surface area contributed by atoms with Crippen LogP contribution in [0.2, 0.25) is 0 Å². The Balaban J connectivity index is 1.33. The number of hydrogen-bond acceptors (Lipinski definition) is 5. The molecule has 1 aromatic heterocycles. The second-order valence-corrected chi connectivity index (χ2v) is 7.91. The standard InChI is InChI=1S/C23H25N3O3/c1-16-5-7-17(8-6-16)23-24-22(29-25-23)15-26-11-2-4-19(26)18-9-10-20-21(14-18)28-13-3-12-27-20/h5-10,14,19H,2-4,11-13,15H2,1H3/p+1/t19-/m0/s1. The lowest BCUT2D eigenvalue weighted by atomic mass is 10.0. The van der Waals surface area contributed by atoms with Gasteiger partial charge in [-0.05, 0) is 25.1 Å². The molecule has 6 heteroatoms. The van der Waals surface area contributed by atoms with Crippen molar-refractivity contribution in [2.45, 2.75) is 38.8 Å². The molecule has 6 nitrogen and oxygen atoms in total. The molecule has 0 bridgehead atoms. The summed E-state index contributed by atoms with van der Waals surface area (Å²) in [5.74, 6) is 3.07. The molecule has 0 amide bonds. The van der Waals surface area contributed by atoms with Gasteiger partial charge in [-0.25, -0.2) is 0 Å². The minimum Gasteiger partial charge on any atom is -0.490 e. The van der Waals surface area contributed by atoms with E-state index in [1.54, 1.807) is 0 Å². The number of aryl methyl sites for hydroxylation is 1. The number of nitrogens with one attached hydrogen (secondary N) is 1. The third-order valence-corrected chi connectivity index (χ3v) is 5.81. The van der Waals surface area contributed by atoms with Gasteiger partial charge in [-0.2, -0.15) is 4.98 Å². The fraction of sp³-hybridized carbons (Fsp3) is 0.391. The first-order valence-corrected chi connectivity index (χ1v) is 10.4. The van der Waals surface area contributed by atoms with Crippen molar-refractivity contribution < 1.29 is 18.9 Å². The molecule has 1 fully saturated rings. The molecule has 5 rings (SSSR count). The van der Waals surface area contributed by atoms with Gasteiger partial charge >= 0.3 is 0 Å². The van der Waals surface area contributed by atoms with Crippen LogP contribution in [0.4, 0.5) is 0 Å². The fourth-order valence-corrected chi connectivity index (χ4v) is 4.26. The zero-order chi connectivity index (χ0) is 19.6. The number of aromatic nitrogens is 2. The van der Waals surface area contributed by atoms with Crippen LogP contribution in [0.3, 0.4) is 0 Å². The van der Waals surface area contributed by atoms with Gasteiger partial charge in [0, 0.05) is 30.4 Å². The largest absolute Gasteiger partial charge is 0.490 e. The molecule has 2 aliphatic heterocycles. The van der Waals surface area contributed by atoms with Gasteiger partial charge in [-0.3, -0.25) is 0 Å². The van der Waals surface area contributed by atoms with E-state index in [4.69, 9.17) is 14.0 Å². The molecule has 1 unspecified atom stereocenters. The molecule has 0 radical (unpaired) electrons. The lowest BCUT2D eigenvalue weighted by Gasteiger charge is -2.21. The number of nitrogens with zero attached hydrogens (tertiary/aromatic N) is 2. The van der Waals surface area contributed by atoms with Crippen molar-refractivity contribution in [1.29, 1.82) is 0 Å². The highest BCUT2D eigenvalue weighted by molar-refractivity contribution is 5.54. The summed E-state index contributed by atoms with van der Waals surface area (Å²) in [6.07, 6.45) is 3.26. The SMILES string of the molecule is Cc1ccc(-c2noc(C[NH+]3CCC[C@H]3c3ccc4c(c3)OCCCO4)n2)cc1. The van der Waals surface area contributed by atoms with Crippen molar-refractivity contribution in [3.63, 3.8) is 0 Å². The van der Waals surface area contributed by atoms with Gasteiger partial charge in [-0.15, -0.1) is 0 Å². The number of fused-ring (bicyclic) bond motifs is 1. The van der Waals surface area contributed by atoms with E-state index in [-0.39, 0.29) is 0 Å². The number of quaternary nitrogens is 1. The van der Waals surface area contributed by atoms with Crippen LogP contribution >= 0.6 is 0 Å². The van der Waals surface area contributed by atoms with Gasteiger partial charge in [0.05, 0.1) is 19.8 Å². The smallest absolute Gasteiger partial charge is 0.282 e. The molecule has 3 heterocycles. The van der Waals surface area contributed by atoms with Gasteiger partial charge in [-0.1, -0.05) is 35.0 Å². The summed E-state index contributed by atoms with van der Waals surface area (Å²) in [7, 11) is 0. The van der Waals surface area contributed by atoms with Crippen LogP contribution in [0.5, 0.6) is 11.5 Å². The maximum absolute atomic E-state index is 5.89. The Morgan fingerprint density at radius 1 is 1.00 bits per heavy atom. The van der Waals surface area contributed by atoms with Crippen LogP contribution in [-0.4, -0.2) is 29.9 Å². The van der Waals surface area contributed by atoms with Gasteiger partial charge < -0.3 is 18.9 Å². The van der Waals surface area contributed by atoms with E-state index in [9.17, 15) is 0 Å². The molecular weight excluding hydrogens is 366 g/mol. The molecule has 2 aliphatic rings. The second kappa shape index (κ2) is 7.87. The lowest BCUT2D eigenvalue weighted by Crippen LogP contribution is -3.09. The molecule has 2 atom stereocenters. The van der Waals surface area contributed by atoms with Crippen LogP contribution in [0.15, 0.2) is 47.0 Å². The van der Waals surface area contributed by atoms with E-state index in [0.717, 1.165) is 43.0 Å². The first-order valence-electron chi connectivity index (χ1n) is 10.4. The monoisotopic (exact) mass is 392 g/mol. The Labute approximate surface area is 170 Å². The number of rotatable bonds is 4. The minimum absolute atomic E-state index is 0.405. The highest BCUT2D eigenvalue weighted by Crippen LogP contribution is 2.33. The molecule has 1 saturated heterocycles. The maximum atomic E-state index is 5.89. The van der Waals surface area contributed by atoms with E-state index in [1.165, 1.54) is 22.4 Å². The van der Waals surface area contributed by atoms with Crippen molar-refractivity contribution in [2.24, 2.45) is 0 Å². The second-order valence-electron chi connectivity index (χ2n) is 7.91. The Bertz CT molecular complexity index is 983. The summed E-state index contributed by atoms with van der Waals surface area (Å²) in [5.41, 5.74) is 3.50. The summed E-state index contributed by atoms with van der Waals surface area (Å²) in [6.45, 7) is 5.33. The summed E-state index contributed by atoms with van der Waals surface area (Å²) >= 11 is 0. The Morgan fingerprint density at radius 3 is 2.69 bits per heavy atom. The van der Waals surface area contributed by atoms with E-state index in [1.807, 2.05) is 18.2 Å². The fourth-order valence-electron chi connectivity index (χ4n) is 4.26. The van der Waals surface area contributed by atoms with Crippen molar-refractivity contribution in [2.75, 3.05) is 19.8 Å². The van der Waals surface area contributed by atoms with E-state index in [0.29, 0.717) is 31.0 Å². The molecule has 0 spiro atoms. The molecule has 2 aromatic carbocycles. The molecule has 29 heavy (non-hydrogen) atoms. The zero-order valence-corrected chi connectivity index (χ0v) is 16.7. The predicted octanol–water partition coefficient (Wildman–Crippen LogP) is 3.13. The number of hydrogen-bond donors (Lipinski definition) is 1. The Morgan fingerprint density at radius 2 is 1.83 bits per heavy atom. The van der Waals surface area contributed by atoms with Gasteiger partial charge in [0.2, 0.25) is 5.82 Å². The lowest BCUT2D eigenvalue weighted by molar-refractivity contribution is -0.933. The van der Waals surface area contributed by atoms with Crippen molar-refractivity contribution in [3.8, 4) is 22.9 Å². The summed E-state index contributed by atoms with van der Waals surface area (Å²) in [4.78, 5) is 6.10. The van der Waals surface area contributed by atoms with E-state index < -0.39 is 0 Å². The molecular formula is C23H26N3O3+. The van der Waals surface area contributed by atoms with Crippen LogP contribution in [-0.2, 0) is 6.54 Å². The van der Waals surface area contributed by atoms with E-state index in [2.05, 4.69) is 41.3 Å². The average molecular weight is 392 g/mol. The predicted molar refractivity (Wildman–Crippen MR) is 108 cm³/mol. The van der Waals surface area contributed by atoms with Gasteiger partial charge in [0.15, 0.2) is 18.0 Å². The van der Waals surface area contributed by atoms with Gasteiger partial charge in [0.1, 0.15) is 6.04 Å². The highest BCUT2D eigenvalue weighted by Gasteiger charge is 2.32. The molecule has 1 N–H and O–H groups in total. The molecule has 150 valence electrons. The average Bonchev–Trinajstić information content (AvgIpc) is 3.33. The number of likely N-dealkylation sites (tertiary alicyclic amines) is 1. The minimum atomic E-state index is 0.405. The van der Waals surface area contributed by atoms with Crippen molar-refractivity contribution in [3.05, 3.63) is 59.5 Å². The van der Waals surface area contributed by atoms with E-state index >= 15 is 0 Å². The van der Waals surface area contributed by atoms with Crippen LogP contribution < -0.4 is 14.4 Å². The summed E-state index contributed by atoms with van der Waals surface area (Å²) < 4.78 is 17.2. The highest BCUT2D eigenvalue weighted by atomic mass is 16.5. The summed E-state index contributed by atoms with van der Waals surface area (Å²) in [6, 6.07) is 15.0. The Hall–Kier alpha value is -2.86. The van der Waals surface area contributed by atoms with Crippen LogP contribution in [0.1, 0.15) is 42.3 Å². The van der Waals surface area contributed by atoms with Crippen molar-refractivity contribution in [1.82, 2.24) is 10.1 Å². The van der Waals surface area contributed by atoms with Crippen LogP contribution in [0, 0.1) is 6.92 Å². The molecule has 0 saturated carbocycles. The quantitative estimate of drug-likeness (QED) is 0.739. The van der Waals surface area contributed by atoms with Crippen molar-refractivity contribution >= 4 is 0 Å². The number of benzene rings is 2. The normalized spacial score (nSPS) is 21.1. The van der Waals surface area contributed by atoms with Crippen LogP contribution in [0.25, 0.3) is 11.4 Å². The maximum Gasteiger partial charge on any atom is 0.282 e. The first kappa shape index (κ1) is 18.2. The zero-order valence-electron chi connectivity index (χ0n) is 16.7. The molecule has 0 aliphatic carbocycles. The Kier molecular flexibility index (Phi) is 4.94. The first-order chi connectivity index (χ1) is 14.3. The number of ether oxygens (including phenoxy) is 2. The topological polar surface area (TPSA) is 61.8 Å².